The summed E-state index contributed by atoms with van der Waals surface area (Å²) in [5.74, 6) is 1.55. The van der Waals surface area contributed by atoms with E-state index in [0.29, 0.717) is 0 Å². The average molecular weight is 238 g/mol. The fourth-order valence-corrected chi connectivity index (χ4v) is 2.30. The van der Waals surface area contributed by atoms with Crippen LogP contribution in [0.5, 0.6) is 0 Å². The SMILES string of the molecule is CCCc1noc(CN2CCC(C)(CN)C2)n1. The molecular weight excluding hydrogens is 216 g/mol. The van der Waals surface area contributed by atoms with Gasteiger partial charge in [-0.1, -0.05) is 19.0 Å². The van der Waals surface area contributed by atoms with Crippen LogP contribution in [0.4, 0.5) is 0 Å². The van der Waals surface area contributed by atoms with E-state index in [2.05, 4.69) is 28.9 Å². The van der Waals surface area contributed by atoms with Crippen LogP contribution in [0.3, 0.4) is 0 Å². The first-order valence-electron chi connectivity index (χ1n) is 6.39. The Bertz CT molecular complexity index is 365. The highest BCUT2D eigenvalue weighted by atomic mass is 16.5. The van der Waals surface area contributed by atoms with Crippen LogP contribution < -0.4 is 5.73 Å². The fourth-order valence-electron chi connectivity index (χ4n) is 2.30. The first-order chi connectivity index (χ1) is 8.15. The fraction of sp³-hybridized carbons (Fsp3) is 0.833. The quantitative estimate of drug-likeness (QED) is 0.834. The highest BCUT2D eigenvalue weighted by Crippen LogP contribution is 2.29. The summed E-state index contributed by atoms with van der Waals surface area (Å²) in [5, 5.41) is 3.97. The van der Waals surface area contributed by atoms with Crippen LogP contribution in [0.1, 0.15) is 38.4 Å². The summed E-state index contributed by atoms with van der Waals surface area (Å²) < 4.78 is 5.25. The van der Waals surface area contributed by atoms with Crippen molar-refractivity contribution in [1.29, 1.82) is 0 Å². The van der Waals surface area contributed by atoms with Crippen molar-refractivity contribution in [2.24, 2.45) is 11.1 Å². The molecule has 1 atom stereocenters. The summed E-state index contributed by atoms with van der Waals surface area (Å²) in [6.07, 6.45) is 3.09. The second-order valence-corrected chi connectivity index (χ2v) is 5.33. The van der Waals surface area contributed by atoms with E-state index in [0.717, 1.165) is 57.2 Å². The molecule has 1 saturated heterocycles. The normalized spacial score (nSPS) is 25.6. The van der Waals surface area contributed by atoms with Crippen molar-refractivity contribution in [3.8, 4) is 0 Å². The number of aryl methyl sites for hydroxylation is 1. The van der Waals surface area contributed by atoms with Crippen molar-refractivity contribution in [3.05, 3.63) is 11.7 Å². The zero-order valence-electron chi connectivity index (χ0n) is 10.8. The van der Waals surface area contributed by atoms with Gasteiger partial charge in [0.25, 0.3) is 0 Å². The molecule has 0 spiro atoms. The van der Waals surface area contributed by atoms with Crippen molar-refractivity contribution >= 4 is 0 Å². The van der Waals surface area contributed by atoms with Gasteiger partial charge in [-0.3, -0.25) is 4.90 Å². The molecule has 96 valence electrons. The molecule has 0 aliphatic carbocycles. The molecule has 1 aromatic rings. The van der Waals surface area contributed by atoms with E-state index in [4.69, 9.17) is 10.3 Å². The van der Waals surface area contributed by atoms with E-state index >= 15 is 0 Å². The van der Waals surface area contributed by atoms with Crippen LogP contribution in [0.15, 0.2) is 4.52 Å². The van der Waals surface area contributed by atoms with E-state index in [1.54, 1.807) is 0 Å². The van der Waals surface area contributed by atoms with Gasteiger partial charge in [0, 0.05) is 13.0 Å². The summed E-state index contributed by atoms with van der Waals surface area (Å²) in [4.78, 5) is 6.73. The van der Waals surface area contributed by atoms with E-state index in [-0.39, 0.29) is 5.41 Å². The predicted molar refractivity (Wildman–Crippen MR) is 65.3 cm³/mol. The van der Waals surface area contributed by atoms with Gasteiger partial charge in [-0.25, -0.2) is 0 Å². The van der Waals surface area contributed by atoms with Crippen LogP contribution in [0, 0.1) is 5.41 Å². The number of nitrogens with two attached hydrogens (primary N) is 1. The lowest BCUT2D eigenvalue weighted by Crippen LogP contribution is -2.31. The molecule has 1 aliphatic rings. The Hall–Kier alpha value is -0.940. The molecule has 0 bridgehead atoms. The van der Waals surface area contributed by atoms with Gasteiger partial charge in [0.1, 0.15) is 0 Å². The largest absolute Gasteiger partial charge is 0.338 e. The van der Waals surface area contributed by atoms with Crippen LogP contribution in [0.25, 0.3) is 0 Å². The van der Waals surface area contributed by atoms with Crippen molar-refractivity contribution in [2.75, 3.05) is 19.6 Å². The van der Waals surface area contributed by atoms with E-state index in [1.165, 1.54) is 0 Å². The minimum absolute atomic E-state index is 0.256. The molecule has 1 aliphatic heterocycles. The highest BCUT2D eigenvalue weighted by molar-refractivity contribution is 4.91. The molecule has 17 heavy (non-hydrogen) atoms. The monoisotopic (exact) mass is 238 g/mol. The molecule has 1 fully saturated rings. The Labute approximate surface area is 102 Å². The maximum atomic E-state index is 5.79. The van der Waals surface area contributed by atoms with Gasteiger partial charge in [-0.05, 0) is 31.3 Å². The molecule has 2 rings (SSSR count). The number of hydrogen-bond donors (Lipinski definition) is 1. The van der Waals surface area contributed by atoms with Crippen molar-refractivity contribution in [3.63, 3.8) is 0 Å². The lowest BCUT2D eigenvalue weighted by atomic mass is 9.90. The summed E-state index contributed by atoms with van der Waals surface area (Å²) in [6.45, 7) is 7.95. The Balaban J connectivity index is 1.89. The third-order valence-electron chi connectivity index (χ3n) is 3.47. The van der Waals surface area contributed by atoms with E-state index in [9.17, 15) is 0 Å². The first kappa shape index (κ1) is 12.5. The molecular formula is C12H22N4O. The number of rotatable bonds is 5. The van der Waals surface area contributed by atoms with E-state index in [1.807, 2.05) is 0 Å². The van der Waals surface area contributed by atoms with Crippen LogP contribution in [-0.2, 0) is 13.0 Å². The first-order valence-corrected chi connectivity index (χ1v) is 6.39. The van der Waals surface area contributed by atoms with E-state index < -0.39 is 0 Å². The van der Waals surface area contributed by atoms with Crippen LogP contribution in [-0.4, -0.2) is 34.7 Å². The predicted octanol–water partition coefficient (Wildman–Crippen LogP) is 1.19. The highest BCUT2D eigenvalue weighted by Gasteiger charge is 2.32. The third-order valence-corrected chi connectivity index (χ3v) is 3.47. The number of aromatic nitrogens is 2. The van der Waals surface area contributed by atoms with Crippen molar-refractivity contribution < 1.29 is 4.52 Å². The Morgan fingerprint density at radius 3 is 3.00 bits per heavy atom. The minimum Gasteiger partial charge on any atom is -0.338 e. The van der Waals surface area contributed by atoms with Crippen LogP contribution in [0.2, 0.25) is 0 Å². The van der Waals surface area contributed by atoms with Gasteiger partial charge in [-0.2, -0.15) is 4.98 Å². The summed E-state index contributed by atoms with van der Waals surface area (Å²) in [5.41, 5.74) is 6.05. The van der Waals surface area contributed by atoms with Gasteiger partial charge >= 0.3 is 0 Å². The smallest absolute Gasteiger partial charge is 0.240 e. The molecule has 1 unspecified atom stereocenters. The third kappa shape index (κ3) is 3.04. The van der Waals surface area contributed by atoms with Gasteiger partial charge in [0.05, 0.1) is 6.54 Å². The summed E-state index contributed by atoms with van der Waals surface area (Å²) in [6, 6.07) is 0. The van der Waals surface area contributed by atoms with Gasteiger partial charge in [0.15, 0.2) is 5.82 Å². The zero-order chi connectivity index (χ0) is 12.3. The number of hydrogen-bond acceptors (Lipinski definition) is 5. The summed E-state index contributed by atoms with van der Waals surface area (Å²) in [7, 11) is 0. The Kier molecular flexibility index (Phi) is 3.79. The second-order valence-electron chi connectivity index (χ2n) is 5.33. The molecule has 0 saturated carbocycles. The zero-order valence-corrected chi connectivity index (χ0v) is 10.8. The molecule has 1 aromatic heterocycles. The molecule has 0 amide bonds. The van der Waals surface area contributed by atoms with Crippen molar-refractivity contribution in [1.82, 2.24) is 15.0 Å². The number of nitrogens with zero attached hydrogens (tertiary/aromatic N) is 3. The Morgan fingerprint density at radius 1 is 1.53 bits per heavy atom. The van der Waals surface area contributed by atoms with Crippen LogP contribution >= 0.6 is 0 Å². The Morgan fingerprint density at radius 2 is 2.35 bits per heavy atom. The van der Waals surface area contributed by atoms with Gasteiger partial charge in [0.2, 0.25) is 5.89 Å². The second kappa shape index (κ2) is 5.14. The molecule has 0 radical (unpaired) electrons. The van der Waals surface area contributed by atoms with Gasteiger partial charge < -0.3 is 10.3 Å². The summed E-state index contributed by atoms with van der Waals surface area (Å²) >= 11 is 0. The van der Waals surface area contributed by atoms with Gasteiger partial charge in [-0.15, -0.1) is 0 Å². The maximum Gasteiger partial charge on any atom is 0.240 e. The minimum atomic E-state index is 0.256. The molecule has 2 N–H and O–H groups in total. The molecule has 5 nitrogen and oxygen atoms in total. The lowest BCUT2D eigenvalue weighted by molar-refractivity contribution is 0.238. The molecule has 2 heterocycles. The average Bonchev–Trinajstić information content (AvgIpc) is 2.89. The standard InChI is InChI=1S/C12H22N4O/c1-3-4-10-14-11(17-15-10)7-16-6-5-12(2,8-13)9-16/h3-9,13H2,1-2H3. The topological polar surface area (TPSA) is 68.2 Å². The lowest BCUT2D eigenvalue weighted by Gasteiger charge is -2.21. The number of likely N-dealkylation sites (tertiary alicyclic amines) is 1. The molecule has 5 heteroatoms. The molecule has 0 aromatic carbocycles. The van der Waals surface area contributed by atoms with Crippen molar-refractivity contribution in [2.45, 2.75) is 39.7 Å². The maximum absolute atomic E-state index is 5.79.